The number of carbonyl (C=O) groups is 2. The highest BCUT2D eigenvalue weighted by atomic mass is 28.4. The Labute approximate surface area is 286 Å². The summed E-state index contributed by atoms with van der Waals surface area (Å²) in [6, 6.07) is 1.63. The first-order chi connectivity index (χ1) is 22.1. The zero-order chi connectivity index (χ0) is 34.7. The summed E-state index contributed by atoms with van der Waals surface area (Å²) in [5.74, 6) is 14.1. The van der Waals surface area contributed by atoms with E-state index >= 15 is 0 Å². The highest BCUT2D eigenvalue weighted by Gasteiger charge is 2.67. The Bertz CT molecular complexity index is 1380. The Balaban J connectivity index is 1.78. The molecule has 7 nitrogen and oxygen atoms in total. The van der Waals surface area contributed by atoms with E-state index in [1.165, 1.54) is 0 Å². The zero-order valence-corrected chi connectivity index (χ0v) is 32.0. The van der Waals surface area contributed by atoms with Gasteiger partial charge in [-0.05, 0) is 76.6 Å². The maximum atomic E-state index is 14.4. The van der Waals surface area contributed by atoms with Gasteiger partial charge in [-0.2, -0.15) is 0 Å². The normalized spacial score (nSPS) is 23.8. The Kier molecular flexibility index (Phi) is 11.7. The summed E-state index contributed by atoms with van der Waals surface area (Å²) < 4.78 is 20.1. The zero-order valence-electron chi connectivity index (χ0n) is 31.0. The van der Waals surface area contributed by atoms with E-state index in [4.69, 9.17) is 13.6 Å². The number of fused-ring (bicyclic) bond motifs is 3. The second kappa shape index (κ2) is 14.8. The van der Waals surface area contributed by atoms with E-state index in [0.717, 1.165) is 42.8 Å². The number of unbranched alkanes of at least 4 members (excludes halogenated alkanes) is 2. The van der Waals surface area contributed by atoms with E-state index in [1.807, 2.05) is 39.5 Å². The standard InChI is InChI=1S/C39H60N2O5Si/c1-12-14-16-17-19-21-40-26-39-24-30(25-44-47(27(3)4,28(5)6)29(7)8)41(37(43)46-38(9,10)11)36(39)35-32(33(39)23-34(40)42)22-31(45-35)20-18-15-13-2/h22,27-30,33,36H,16-21,23-26H2,1-11H3/t30-,33+,36+,39+/m1/s1. The summed E-state index contributed by atoms with van der Waals surface area (Å²) >= 11 is 0. The fourth-order valence-corrected chi connectivity index (χ4v) is 14.7. The third-order valence-corrected chi connectivity index (χ3v) is 17.0. The third kappa shape index (κ3) is 7.35. The van der Waals surface area contributed by atoms with Crippen LogP contribution in [0.15, 0.2) is 10.5 Å². The van der Waals surface area contributed by atoms with Crippen LogP contribution in [-0.4, -0.2) is 61.5 Å². The van der Waals surface area contributed by atoms with Crippen molar-refractivity contribution >= 4 is 20.3 Å². The average molecular weight is 665 g/mol. The fraction of sp³-hybridized carbons (Fsp3) is 0.744. The molecule has 0 saturated carbocycles. The number of carbonyl (C=O) groups excluding carboxylic acids is 2. The number of nitrogens with zero attached hydrogens (tertiary/aromatic N) is 2. The molecule has 0 unspecified atom stereocenters. The van der Waals surface area contributed by atoms with Gasteiger partial charge in [0.1, 0.15) is 23.2 Å². The van der Waals surface area contributed by atoms with Gasteiger partial charge in [-0.1, -0.05) is 41.5 Å². The highest BCUT2D eigenvalue weighted by Crippen LogP contribution is 2.67. The number of amides is 2. The highest BCUT2D eigenvalue weighted by molar-refractivity contribution is 6.77. The summed E-state index contributed by atoms with van der Waals surface area (Å²) in [6.45, 7) is 25.0. The van der Waals surface area contributed by atoms with Gasteiger partial charge in [-0.15, -0.1) is 23.7 Å². The first-order valence-electron chi connectivity index (χ1n) is 18.0. The van der Waals surface area contributed by atoms with Crippen LogP contribution in [0.1, 0.15) is 144 Å². The van der Waals surface area contributed by atoms with Gasteiger partial charge in [0.25, 0.3) is 0 Å². The molecule has 0 N–H and O–H groups in total. The fourth-order valence-electron chi connectivity index (χ4n) is 9.18. The van der Waals surface area contributed by atoms with Crippen molar-refractivity contribution in [2.75, 3.05) is 19.7 Å². The van der Waals surface area contributed by atoms with E-state index in [1.54, 1.807) is 0 Å². The van der Waals surface area contributed by atoms with Crippen molar-refractivity contribution < 1.29 is 23.2 Å². The van der Waals surface area contributed by atoms with Crippen molar-refractivity contribution in [1.29, 1.82) is 0 Å². The lowest BCUT2D eigenvalue weighted by molar-refractivity contribution is -0.139. The average Bonchev–Trinajstić information content (AvgIpc) is 3.58. The molecule has 2 aliphatic heterocycles. The third-order valence-electron chi connectivity index (χ3n) is 10.9. The van der Waals surface area contributed by atoms with E-state index < -0.39 is 13.9 Å². The van der Waals surface area contributed by atoms with Gasteiger partial charge in [0.15, 0.2) is 8.32 Å². The molecule has 1 aliphatic carbocycles. The molecular weight excluding hydrogens is 605 g/mol. The van der Waals surface area contributed by atoms with E-state index in [9.17, 15) is 9.59 Å². The van der Waals surface area contributed by atoms with Crippen LogP contribution in [-0.2, 0) is 20.4 Å². The topological polar surface area (TPSA) is 72.2 Å². The maximum Gasteiger partial charge on any atom is 0.411 e. The predicted molar refractivity (Wildman–Crippen MR) is 190 cm³/mol. The second-order valence-corrected chi connectivity index (χ2v) is 21.4. The lowest BCUT2D eigenvalue weighted by Gasteiger charge is -2.45. The van der Waals surface area contributed by atoms with Crippen molar-refractivity contribution in [3.05, 3.63) is 23.2 Å². The van der Waals surface area contributed by atoms with E-state index in [0.29, 0.717) is 55.6 Å². The maximum absolute atomic E-state index is 14.4. The summed E-state index contributed by atoms with van der Waals surface area (Å²) in [5, 5.41) is 0. The molecule has 3 heterocycles. The van der Waals surface area contributed by atoms with Crippen LogP contribution >= 0.6 is 0 Å². The number of piperidine rings is 1. The van der Waals surface area contributed by atoms with Gasteiger partial charge in [-0.3, -0.25) is 9.69 Å². The molecule has 2 fully saturated rings. The van der Waals surface area contributed by atoms with Gasteiger partial charge in [-0.25, -0.2) is 4.79 Å². The van der Waals surface area contributed by atoms with Crippen LogP contribution in [0.5, 0.6) is 0 Å². The molecule has 2 amide bonds. The minimum atomic E-state index is -2.22. The van der Waals surface area contributed by atoms with Gasteiger partial charge in [0, 0.05) is 55.7 Å². The van der Waals surface area contributed by atoms with Crippen LogP contribution in [0.2, 0.25) is 16.6 Å². The predicted octanol–water partition coefficient (Wildman–Crippen LogP) is 8.99. The molecule has 1 aromatic rings. The van der Waals surface area contributed by atoms with Crippen LogP contribution < -0.4 is 0 Å². The molecule has 8 heteroatoms. The van der Waals surface area contributed by atoms with Gasteiger partial charge < -0.3 is 18.5 Å². The Morgan fingerprint density at radius 1 is 1.04 bits per heavy atom. The molecule has 1 aromatic heterocycles. The van der Waals surface area contributed by atoms with Gasteiger partial charge in [0.2, 0.25) is 5.91 Å². The lowest BCUT2D eigenvalue weighted by atomic mass is 9.68. The molecule has 4 atom stereocenters. The molecule has 0 bridgehead atoms. The van der Waals surface area contributed by atoms with Crippen LogP contribution in [0, 0.1) is 29.1 Å². The summed E-state index contributed by atoms with van der Waals surface area (Å²) in [6.07, 6.45) is 4.95. The SMILES string of the molecule is CC#CCCCCN1C[C@]23C[C@H](CO[Si](C(C)C)(C(C)C)C(C)C)N(C(=O)OC(C)(C)C)[C@H]2c2oc(CCC#CC)cc2[C@@H]3CC1=O. The Hall–Kier alpha value is -2.68. The quantitative estimate of drug-likeness (QED) is 0.127. The summed E-state index contributed by atoms with van der Waals surface area (Å²) in [5.41, 5.74) is 1.34. The van der Waals surface area contributed by atoms with E-state index in [2.05, 4.69) is 76.2 Å². The van der Waals surface area contributed by atoms with Gasteiger partial charge >= 0.3 is 6.09 Å². The van der Waals surface area contributed by atoms with Crippen molar-refractivity contribution in [2.45, 2.75) is 161 Å². The van der Waals surface area contributed by atoms with E-state index in [-0.39, 0.29) is 35.4 Å². The van der Waals surface area contributed by atoms with Crippen LogP contribution in [0.25, 0.3) is 0 Å². The largest absolute Gasteiger partial charge is 0.464 e. The minimum Gasteiger partial charge on any atom is -0.464 e. The number of furan rings is 1. The number of hydrogen-bond donors (Lipinski definition) is 0. The monoisotopic (exact) mass is 664 g/mol. The number of ether oxygens (including phenoxy) is 1. The van der Waals surface area contributed by atoms with Crippen molar-refractivity contribution in [1.82, 2.24) is 9.80 Å². The van der Waals surface area contributed by atoms with Gasteiger partial charge in [0.05, 0.1) is 12.6 Å². The van der Waals surface area contributed by atoms with Crippen molar-refractivity contribution in [2.24, 2.45) is 5.41 Å². The van der Waals surface area contributed by atoms with Crippen LogP contribution in [0.4, 0.5) is 4.79 Å². The number of hydrogen-bond acceptors (Lipinski definition) is 5. The van der Waals surface area contributed by atoms with Crippen molar-refractivity contribution in [3.8, 4) is 23.7 Å². The number of aryl methyl sites for hydroxylation is 1. The molecule has 2 saturated heterocycles. The molecule has 0 aromatic carbocycles. The smallest absolute Gasteiger partial charge is 0.411 e. The molecule has 4 rings (SSSR count). The molecule has 1 spiro atoms. The molecule has 3 aliphatic rings. The first-order valence-corrected chi connectivity index (χ1v) is 20.1. The molecular formula is C39H60N2O5Si. The number of likely N-dealkylation sites (tertiary alicyclic amines) is 2. The summed E-state index contributed by atoms with van der Waals surface area (Å²) in [4.78, 5) is 32.1. The Morgan fingerprint density at radius 3 is 2.28 bits per heavy atom. The first kappa shape index (κ1) is 37.1. The summed E-state index contributed by atoms with van der Waals surface area (Å²) in [7, 11) is -2.22. The minimum absolute atomic E-state index is 0.0239. The Morgan fingerprint density at radius 2 is 1.68 bits per heavy atom. The van der Waals surface area contributed by atoms with Crippen LogP contribution in [0.3, 0.4) is 0 Å². The number of rotatable bonds is 12. The molecule has 0 radical (unpaired) electrons. The van der Waals surface area contributed by atoms with Crippen molar-refractivity contribution in [3.63, 3.8) is 0 Å². The lowest BCUT2D eigenvalue weighted by Crippen LogP contribution is -2.51. The second-order valence-electron chi connectivity index (χ2n) is 15.9. The molecule has 260 valence electrons. The molecule has 47 heavy (non-hydrogen) atoms.